The summed E-state index contributed by atoms with van der Waals surface area (Å²) in [4.78, 5) is 7.06. The summed E-state index contributed by atoms with van der Waals surface area (Å²) in [5, 5.41) is 4.35. The molecule has 1 aliphatic heterocycles. The first-order valence-electron chi connectivity index (χ1n) is 7.51. The van der Waals surface area contributed by atoms with Gasteiger partial charge in [-0.05, 0) is 43.1 Å². The third-order valence-corrected chi connectivity index (χ3v) is 6.50. The summed E-state index contributed by atoms with van der Waals surface area (Å²) in [7, 11) is 0. The molecule has 1 aliphatic rings. The van der Waals surface area contributed by atoms with Crippen molar-refractivity contribution in [1.82, 2.24) is 9.36 Å². The molecule has 0 saturated carbocycles. The largest absolute Gasteiger partial charge is 0.382 e. The highest BCUT2D eigenvalue weighted by molar-refractivity contribution is 7.11. The Hall–Kier alpha value is -1.14. The van der Waals surface area contributed by atoms with Crippen LogP contribution in [0.3, 0.4) is 0 Å². The van der Waals surface area contributed by atoms with Crippen molar-refractivity contribution in [3.63, 3.8) is 0 Å². The maximum absolute atomic E-state index is 6.12. The first-order chi connectivity index (χ1) is 10.1. The second-order valence-corrected chi connectivity index (χ2v) is 7.69. The average molecular weight is 323 g/mol. The summed E-state index contributed by atoms with van der Waals surface area (Å²) >= 11 is 3.18. The molecule has 114 valence electrons. The van der Waals surface area contributed by atoms with E-state index in [4.69, 9.17) is 5.73 Å². The van der Waals surface area contributed by atoms with Gasteiger partial charge >= 0.3 is 0 Å². The van der Waals surface area contributed by atoms with Gasteiger partial charge in [0.15, 0.2) is 0 Å². The van der Waals surface area contributed by atoms with E-state index in [2.05, 4.69) is 33.5 Å². The molecule has 21 heavy (non-hydrogen) atoms. The minimum Gasteiger partial charge on any atom is -0.382 e. The van der Waals surface area contributed by atoms with Crippen molar-refractivity contribution in [3.8, 4) is 11.3 Å². The van der Waals surface area contributed by atoms with Gasteiger partial charge < -0.3 is 10.6 Å². The van der Waals surface area contributed by atoms with Gasteiger partial charge in [-0.25, -0.2) is 4.98 Å². The zero-order chi connectivity index (χ0) is 15.0. The summed E-state index contributed by atoms with van der Waals surface area (Å²) in [6.45, 7) is 8.84. The molecule has 2 aromatic rings. The van der Waals surface area contributed by atoms with Crippen molar-refractivity contribution in [2.75, 3.05) is 23.7 Å². The predicted molar refractivity (Wildman–Crippen MR) is 92.2 cm³/mol. The van der Waals surface area contributed by atoms with Crippen LogP contribution in [-0.2, 0) is 0 Å². The molecular weight excluding hydrogens is 300 g/mol. The zero-order valence-corrected chi connectivity index (χ0v) is 14.5. The summed E-state index contributed by atoms with van der Waals surface area (Å²) in [6.07, 6.45) is 3.73. The van der Waals surface area contributed by atoms with Crippen LogP contribution in [0.1, 0.15) is 38.1 Å². The van der Waals surface area contributed by atoms with Gasteiger partial charge in [0.25, 0.3) is 0 Å². The Kier molecular flexibility index (Phi) is 3.92. The minimum absolute atomic E-state index is 0.452. The van der Waals surface area contributed by atoms with E-state index < -0.39 is 0 Å². The van der Waals surface area contributed by atoms with Gasteiger partial charge in [-0.3, -0.25) is 0 Å². The third kappa shape index (κ3) is 2.55. The van der Waals surface area contributed by atoms with Crippen molar-refractivity contribution in [1.29, 1.82) is 0 Å². The molecule has 3 rings (SSSR count). The Morgan fingerprint density at radius 3 is 2.71 bits per heavy atom. The van der Waals surface area contributed by atoms with E-state index >= 15 is 0 Å². The Bertz CT molecular complexity index is 627. The highest BCUT2D eigenvalue weighted by Crippen LogP contribution is 2.45. The first-order valence-corrected chi connectivity index (χ1v) is 9.16. The summed E-state index contributed by atoms with van der Waals surface area (Å²) in [5.74, 6) is 0.616. The van der Waals surface area contributed by atoms with Crippen molar-refractivity contribution >= 4 is 33.7 Å². The van der Waals surface area contributed by atoms with Gasteiger partial charge in [0.2, 0.25) is 0 Å². The van der Waals surface area contributed by atoms with Crippen molar-refractivity contribution in [2.45, 2.75) is 40.0 Å². The number of hydrogen-bond acceptors (Lipinski definition) is 6. The number of nitrogens with zero attached hydrogens (tertiary/aromatic N) is 3. The quantitative estimate of drug-likeness (QED) is 0.917. The Morgan fingerprint density at radius 2 is 2.14 bits per heavy atom. The smallest absolute Gasteiger partial charge is 0.148 e. The first kappa shape index (κ1) is 14.8. The highest BCUT2D eigenvalue weighted by atomic mass is 32.1. The van der Waals surface area contributed by atoms with E-state index in [1.54, 1.807) is 11.3 Å². The highest BCUT2D eigenvalue weighted by Gasteiger charge is 2.37. The van der Waals surface area contributed by atoms with Crippen LogP contribution in [-0.4, -0.2) is 22.4 Å². The van der Waals surface area contributed by atoms with E-state index in [1.165, 1.54) is 35.8 Å². The van der Waals surface area contributed by atoms with E-state index in [-0.39, 0.29) is 0 Å². The van der Waals surface area contributed by atoms with E-state index in [9.17, 15) is 0 Å². The number of rotatable bonds is 4. The Labute approximate surface area is 134 Å². The Morgan fingerprint density at radius 1 is 1.38 bits per heavy atom. The van der Waals surface area contributed by atoms with Crippen LogP contribution in [0, 0.1) is 12.3 Å². The number of hydrogen-bond donors (Lipinski definition) is 1. The Balaban J connectivity index is 1.94. The molecule has 0 aromatic carbocycles. The number of nitrogens with two attached hydrogens (primary N) is 1. The molecule has 0 radical (unpaired) electrons. The van der Waals surface area contributed by atoms with E-state index in [0.29, 0.717) is 11.2 Å². The molecule has 6 heteroatoms. The molecular formula is C15H22N4S2. The van der Waals surface area contributed by atoms with Gasteiger partial charge in [0, 0.05) is 18.5 Å². The lowest BCUT2D eigenvalue weighted by Crippen LogP contribution is -2.25. The number of aryl methyl sites for hydroxylation is 1. The van der Waals surface area contributed by atoms with Crippen molar-refractivity contribution in [2.24, 2.45) is 5.41 Å². The zero-order valence-electron chi connectivity index (χ0n) is 12.8. The van der Waals surface area contributed by atoms with Gasteiger partial charge in [0.05, 0.1) is 16.3 Å². The van der Waals surface area contributed by atoms with Crippen LogP contribution < -0.4 is 10.6 Å². The topological polar surface area (TPSA) is 55.0 Å². The van der Waals surface area contributed by atoms with Crippen LogP contribution in [0.5, 0.6) is 0 Å². The SMILES string of the molecule is CCC1(CC)CCN(c2snc(N)c2-c2csc(C)n2)C1. The molecule has 0 bridgehead atoms. The van der Waals surface area contributed by atoms with Gasteiger partial charge in [-0.2, -0.15) is 4.37 Å². The lowest BCUT2D eigenvalue weighted by molar-refractivity contribution is 0.301. The predicted octanol–water partition coefficient (Wildman–Crippen LogP) is 4.17. The maximum atomic E-state index is 6.12. The van der Waals surface area contributed by atoms with Gasteiger partial charge in [-0.1, -0.05) is 13.8 Å². The fourth-order valence-corrected chi connectivity index (χ4v) is 4.62. The molecule has 0 unspecified atom stereocenters. The molecule has 2 aromatic heterocycles. The van der Waals surface area contributed by atoms with Gasteiger partial charge in [-0.15, -0.1) is 11.3 Å². The lowest BCUT2D eigenvalue weighted by atomic mass is 9.82. The number of aromatic nitrogens is 2. The van der Waals surface area contributed by atoms with Crippen LogP contribution in [0.25, 0.3) is 11.3 Å². The summed E-state index contributed by atoms with van der Waals surface area (Å²) in [5.41, 5.74) is 8.58. The molecule has 4 nitrogen and oxygen atoms in total. The molecule has 0 aliphatic carbocycles. The second-order valence-electron chi connectivity index (χ2n) is 5.88. The number of nitrogen functional groups attached to an aromatic ring is 1. The van der Waals surface area contributed by atoms with Crippen LogP contribution in [0.15, 0.2) is 5.38 Å². The fourth-order valence-electron chi connectivity index (χ4n) is 3.16. The summed E-state index contributed by atoms with van der Waals surface area (Å²) < 4.78 is 4.39. The molecule has 2 N–H and O–H groups in total. The third-order valence-electron chi connectivity index (χ3n) is 4.80. The second kappa shape index (κ2) is 5.57. The van der Waals surface area contributed by atoms with Crippen LogP contribution in [0.2, 0.25) is 0 Å². The molecule has 0 amide bonds. The van der Waals surface area contributed by atoms with E-state index in [1.807, 2.05) is 6.92 Å². The normalized spacial score (nSPS) is 17.6. The molecule has 0 atom stereocenters. The van der Waals surface area contributed by atoms with Crippen LogP contribution in [0.4, 0.5) is 10.8 Å². The summed E-state index contributed by atoms with van der Waals surface area (Å²) in [6, 6.07) is 0. The van der Waals surface area contributed by atoms with Gasteiger partial charge in [0.1, 0.15) is 10.8 Å². The monoisotopic (exact) mass is 322 g/mol. The average Bonchev–Trinajstić information content (AvgIpc) is 3.17. The number of anilines is 2. The van der Waals surface area contributed by atoms with Crippen molar-refractivity contribution < 1.29 is 0 Å². The lowest BCUT2D eigenvalue weighted by Gasteiger charge is -2.26. The minimum atomic E-state index is 0.452. The van der Waals surface area contributed by atoms with E-state index in [0.717, 1.165) is 29.4 Å². The number of thiazole rings is 1. The fraction of sp³-hybridized carbons (Fsp3) is 0.600. The molecule has 0 spiro atoms. The standard InChI is InChI=1S/C15H22N4S2/c1-4-15(5-2)6-7-19(9-15)14-12(13(16)18-21-14)11-8-20-10(3)17-11/h8H,4-7,9H2,1-3H3,(H2,16,18). The molecule has 1 fully saturated rings. The molecule has 1 saturated heterocycles. The molecule has 3 heterocycles. The maximum Gasteiger partial charge on any atom is 0.148 e. The van der Waals surface area contributed by atoms with Crippen molar-refractivity contribution in [3.05, 3.63) is 10.4 Å². The van der Waals surface area contributed by atoms with Crippen LogP contribution >= 0.6 is 22.9 Å².